The molecule has 0 aliphatic carbocycles. The minimum Gasteiger partial charge on any atom is -0.232 e. The van der Waals surface area contributed by atoms with E-state index in [1.807, 2.05) is 0 Å². The predicted octanol–water partition coefficient (Wildman–Crippen LogP) is 3.06. The zero-order chi connectivity index (χ0) is 10.9. The SMILES string of the molecule is CC(C)c1n(C(C)C)cc[n+]1C(C)C. The van der Waals surface area contributed by atoms with Crippen molar-refractivity contribution in [3.8, 4) is 0 Å². The van der Waals surface area contributed by atoms with Gasteiger partial charge in [0.2, 0.25) is 0 Å². The van der Waals surface area contributed by atoms with Crippen molar-refractivity contribution < 1.29 is 4.57 Å². The molecule has 0 radical (unpaired) electrons. The molecule has 0 saturated heterocycles. The number of imidazole rings is 1. The molecule has 0 aliphatic heterocycles. The highest BCUT2D eigenvalue weighted by Gasteiger charge is 2.23. The molecule has 0 bridgehead atoms. The Bertz CT molecular complexity index is 270. The van der Waals surface area contributed by atoms with Gasteiger partial charge in [-0.2, -0.15) is 0 Å². The summed E-state index contributed by atoms with van der Waals surface area (Å²) in [6.45, 7) is 13.4. The molecule has 1 heterocycles. The predicted molar refractivity (Wildman–Crippen MR) is 59.5 cm³/mol. The van der Waals surface area contributed by atoms with Crippen molar-refractivity contribution in [1.82, 2.24) is 4.57 Å². The zero-order valence-corrected chi connectivity index (χ0v) is 10.3. The first-order valence-corrected chi connectivity index (χ1v) is 5.57. The molecular weight excluding hydrogens is 172 g/mol. The second-order valence-electron chi connectivity index (χ2n) is 4.81. The molecule has 2 heteroatoms. The van der Waals surface area contributed by atoms with Crippen molar-refractivity contribution in [2.75, 3.05) is 0 Å². The van der Waals surface area contributed by atoms with E-state index in [0.717, 1.165) is 0 Å². The standard InChI is InChI=1S/C12H23N2/c1-9(2)12-13(10(3)4)7-8-14(12)11(5)6/h7-11H,1-6H3/q+1. The third kappa shape index (κ3) is 1.99. The van der Waals surface area contributed by atoms with Crippen molar-refractivity contribution in [2.24, 2.45) is 0 Å². The van der Waals surface area contributed by atoms with E-state index in [-0.39, 0.29) is 0 Å². The summed E-state index contributed by atoms with van der Waals surface area (Å²) in [6, 6.07) is 1.10. The van der Waals surface area contributed by atoms with Crippen molar-refractivity contribution in [1.29, 1.82) is 0 Å². The van der Waals surface area contributed by atoms with Crippen molar-refractivity contribution in [3.63, 3.8) is 0 Å². The van der Waals surface area contributed by atoms with Gasteiger partial charge in [-0.15, -0.1) is 0 Å². The van der Waals surface area contributed by atoms with Crippen molar-refractivity contribution >= 4 is 0 Å². The van der Waals surface area contributed by atoms with Gasteiger partial charge in [0.05, 0.1) is 18.0 Å². The fraction of sp³-hybridized carbons (Fsp3) is 0.750. The quantitative estimate of drug-likeness (QED) is 0.655. The van der Waals surface area contributed by atoms with E-state index in [1.54, 1.807) is 0 Å². The van der Waals surface area contributed by atoms with Crippen LogP contribution in [0.4, 0.5) is 0 Å². The summed E-state index contributed by atoms with van der Waals surface area (Å²) in [7, 11) is 0. The summed E-state index contributed by atoms with van der Waals surface area (Å²) >= 11 is 0. The van der Waals surface area contributed by atoms with E-state index in [0.29, 0.717) is 18.0 Å². The monoisotopic (exact) mass is 195 g/mol. The maximum absolute atomic E-state index is 2.37. The van der Waals surface area contributed by atoms with Crippen LogP contribution in [0.1, 0.15) is 65.4 Å². The van der Waals surface area contributed by atoms with Gasteiger partial charge in [0.25, 0.3) is 5.82 Å². The molecule has 0 fully saturated rings. The molecule has 0 spiro atoms. The Morgan fingerprint density at radius 3 is 2.00 bits per heavy atom. The third-order valence-electron chi connectivity index (χ3n) is 2.55. The molecule has 0 N–H and O–H groups in total. The summed E-state index contributed by atoms with van der Waals surface area (Å²) in [5.74, 6) is 2.00. The maximum atomic E-state index is 2.37. The van der Waals surface area contributed by atoms with E-state index in [1.165, 1.54) is 5.82 Å². The Labute approximate surface area is 87.6 Å². The molecular formula is C12H23N2+. The Balaban J connectivity index is 3.20. The first-order valence-electron chi connectivity index (χ1n) is 5.57. The number of aromatic nitrogens is 2. The van der Waals surface area contributed by atoms with Crippen LogP contribution in [0.5, 0.6) is 0 Å². The number of hydrogen-bond donors (Lipinski definition) is 0. The molecule has 0 atom stereocenters. The van der Waals surface area contributed by atoms with Crippen molar-refractivity contribution in [2.45, 2.75) is 59.5 Å². The molecule has 1 aromatic heterocycles. The Kier molecular flexibility index (Phi) is 3.35. The zero-order valence-electron chi connectivity index (χ0n) is 10.3. The molecule has 80 valence electrons. The molecule has 0 aromatic carbocycles. The topological polar surface area (TPSA) is 8.81 Å². The van der Waals surface area contributed by atoms with Crippen LogP contribution in [0.3, 0.4) is 0 Å². The van der Waals surface area contributed by atoms with Gasteiger partial charge in [-0.25, -0.2) is 9.13 Å². The lowest BCUT2D eigenvalue weighted by atomic mass is 10.2. The van der Waals surface area contributed by atoms with Crippen LogP contribution in [0.2, 0.25) is 0 Å². The smallest absolute Gasteiger partial charge is 0.232 e. The van der Waals surface area contributed by atoms with Crippen LogP contribution in [0, 0.1) is 0 Å². The summed E-state index contributed by atoms with van der Waals surface area (Å²) in [4.78, 5) is 0. The fourth-order valence-corrected chi connectivity index (χ4v) is 1.90. The van der Waals surface area contributed by atoms with Gasteiger partial charge in [-0.1, -0.05) is 13.8 Å². The van der Waals surface area contributed by atoms with E-state index in [9.17, 15) is 0 Å². The lowest BCUT2D eigenvalue weighted by molar-refractivity contribution is -0.723. The normalized spacial score (nSPS) is 12.1. The highest BCUT2D eigenvalue weighted by molar-refractivity contribution is 4.92. The first-order chi connectivity index (χ1) is 6.45. The summed E-state index contributed by atoms with van der Waals surface area (Å²) in [5, 5.41) is 0. The van der Waals surface area contributed by atoms with Gasteiger partial charge in [-0.05, 0) is 27.7 Å². The molecule has 1 rings (SSSR count). The maximum Gasteiger partial charge on any atom is 0.259 e. The van der Waals surface area contributed by atoms with Gasteiger partial charge < -0.3 is 0 Å². The van der Waals surface area contributed by atoms with Gasteiger partial charge in [0.15, 0.2) is 0 Å². The fourth-order valence-electron chi connectivity index (χ4n) is 1.90. The Morgan fingerprint density at radius 2 is 1.64 bits per heavy atom. The number of hydrogen-bond acceptors (Lipinski definition) is 0. The van der Waals surface area contributed by atoms with E-state index < -0.39 is 0 Å². The van der Waals surface area contributed by atoms with E-state index >= 15 is 0 Å². The van der Waals surface area contributed by atoms with Crippen LogP contribution in [-0.4, -0.2) is 4.57 Å². The van der Waals surface area contributed by atoms with Crippen LogP contribution in [-0.2, 0) is 0 Å². The summed E-state index contributed by atoms with van der Waals surface area (Å²) < 4.78 is 4.73. The van der Waals surface area contributed by atoms with E-state index in [4.69, 9.17) is 0 Å². The molecule has 0 unspecified atom stereocenters. The van der Waals surface area contributed by atoms with Gasteiger partial charge in [-0.3, -0.25) is 0 Å². The lowest BCUT2D eigenvalue weighted by Gasteiger charge is -2.11. The van der Waals surface area contributed by atoms with E-state index in [2.05, 4.69) is 63.1 Å². The Hall–Kier alpha value is -0.790. The van der Waals surface area contributed by atoms with Crippen LogP contribution in [0.25, 0.3) is 0 Å². The second-order valence-corrected chi connectivity index (χ2v) is 4.81. The molecule has 14 heavy (non-hydrogen) atoms. The minimum absolute atomic E-state index is 0.549. The largest absolute Gasteiger partial charge is 0.259 e. The van der Waals surface area contributed by atoms with Crippen molar-refractivity contribution in [3.05, 3.63) is 18.2 Å². The number of nitrogens with zero attached hydrogens (tertiary/aromatic N) is 2. The molecule has 0 amide bonds. The molecule has 0 saturated carbocycles. The summed E-state index contributed by atoms with van der Waals surface area (Å²) in [6.07, 6.45) is 4.39. The van der Waals surface area contributed by atoms with Crippen LogP contribution in [0.15, 0.2) is 12.4 Å². The molecule has 1 aromatic rings. The van der Waals surface area contributed by atoms with Crippen LogP contribution >= 0.6 is 0 Å². The summed E-state index contributed by atoms with van der Waals surface area (Å²) in [5.41, 5.74) is 0. The minimum atomic E-state index is 0.549. The lowest BCUT2D eigenvalue weighted by Crippen LogP contribution is -2.40. The second kappa shape index (κ2) is 4.16. The number of rotatable bonds is 3. The average molecular weight is 195 g/mol. The van der Waals surface area contributed by atoms with Crippen LogP contribution < -0.4 is 4.57 Å². The first kappa shape index (κ1) is 11.3. The molecule has 2 nitrogen and oxygen atoms in total. The Morgan fingerprint density at radius 1 is 1.07 bits per heavy atom. The average Bonchev–Trinajstić information content (AvgIpc) is 2.46. The third-order valence-corrected chi connectivity index (χ3v) is 2.55. The van der Waals surface area contributed by atoms with Gasteiger partial charge >= 0.3 is 0 Å². The van der Waals surface area contributed by atoms with Gasteiger partial charge in [0, 0.05) is 0 Å². The highest BCUT2D eigenvalue weighted by Crippen LogP contribution is 2.16. The molecule has 0 aliphatic rings. The highest BCUT2D eigenvalue weighted by atomic mass is 15.2. The van der Waals surface area contributed by atoms with Gasteiger partial charge in [0.1, 0.15) is 12.4 Å².